The molecule has 0 heterocycles. The van der Waals surface area contributed by atoms with Crippen LogP contribution in [0.25, 0.3) is 0 Å². The molecule has 0 fully saturated rings. The van der Waals surface area contributed by atoms with Crippen molar-refractivity contribution in [2.24, 2.45) is 0 Å². The van der Waals surface area contributed by atoms with E-state index in [-0.39, 0.29) is 5.75 Å². The molecular formula is C11H14F2OS. The quantitative estimate of drug-likeness (QED) is 0.584. The van der Waals surface area contributed by atoms with E-state index in [2.05, 4.69) is 12.6 Å². The molecule has 15 heavy (non-hydrogen) atoms. The Hall–Kier alpha value is -0.770. The van der Waals surface area contributed by atoms with Crippen LogP contribution in [0, 0.1) is 11.6 Å². The molecule has 0 amide bonds. The van der Waals surface area contributed by atoms with Gasteiger partial charge in [-0.05, 0) is 25.0 Å². The maximum absolute atomic E-state index is 12.7. The average molecular weight is 232 g/mol. The van der Waals surface area contributed by atoms with Crippen molar-refractivity contribution in [3.8, 4) is 5.75 Å². The molecule has 84 valence electrons. The zero-order chi connectivity index (χ0) is 11.1. The van der Waals surface area contributed by atoms with Crippen molar-refractivity contribution in [2.45, 2.75) is 19.3 Å². The van der Waals surface area contributed by atoms with E-state index in [1.54, 1.807) is 0 Å². The van der Waals surface area contributed by atoms with Crippen LogP contribution in [0.5, 0.6) is 5.75 Å². The Morgan fingerprint density at radius 3 is 2.27 bits per heavy atom. The molecule has 0 unspecified atom stereocenters. The highest BCUT2D eigenvalue weighted by atomic mass is 32.1. The van der Waals surface area contributed by atoms with E-state index < -0.39 is 11.6 Å². The number of ether oxygens (including phenoxy) is 1. The molecule has 1 rings (SSSR count). The van der Waals surface area contributed by atoms with E-state index in [0.717, 1.165) is 31.1 Å². The van der Waals surface area contributed by atoms with Gasteiger partial charge in [0.15, 0.2) is 0 Å². The van der Waals surface area contributed by atoms with Crippen molar-refractivity contribution in [3.63, 3.8) is 0 Å². The normalized spacial score (nSPS) is 10.3. The van der Waals surface area contributed by atoms with Crippen LogP contribution in [0.15, 0.2) is 18.2 Å². The lowest BCUT2D eigenvalue weighted by molar-refractivity contribution is 0.303. The molecule has 0 saturated heterocycles. The Kier molecular flexibility index (Phi) is 5.47. The summed E-state index contributed by atoms with van der Waals surface area (Å²) in [4.78, 5) is 0. The predicted molar refractivity (Wildman–Crippen MR) is 59.6 cm³/mol. The fraction of sp³-hybridized carbons (Fsp3) is 0.455. The predicted octanol–water partition coefficient (Wildman–Crippen LogP) is 3.44. The van der Waals surface area contributed by atoms with Crippen molar-refractivity contribution in [1.82, 2.24) is 0 Å². The lowest BCUT2D eigenvalue weighted by Gasteiger charge is -2.05. The van der Waals surface area contributed by atoms with Crippen LogP contribution < -0.4 is 4.74 Å². The summed E-state index contributed by atoms with van der Waals surface area (Å²) in [6, 6.07) is 3.19. The van der Waals surface area contributed by atoms with Crippen LogP contribution in [0.1, 0.15) is 19.3 Å². The fourth-order valence-corrected chi connectivity index (χ4v) is 1.42. The third-order valence-electron chi connectivity index (χ3n) is 1.91. The fourth-order valence-electron chi connectivity index (χ4n) is 1.19. The molecule has 4 heteroatoms. The molecule has 0 aromatic heterocycles. The minimum Gasteiger partial charge on any atom is -0.493 e. The first-order chi connectivity index (χ1) is 7.22. The summed E-state index contributed by atoms with van der Waals surface area (Å²) in [5, 5.41) is 0. The molecule has 0 aliphatic rings. The summed E-state index contributed by atoms with van der Waals surface area (Å²) >= 11 is 4.08. The van der Waals surface area contributed by atoms with Crippen LogP contribution >= 0.6 is 12.6 Å². The zero-order valence-corrected chi connectivity index (χ0v) is 9.27. The van der Waals surface area contributed by atoms with Crippen LogP contribution in [-0.2, 0) is 0 Å². The summed E-state index contributed by atoms with van der Waals surface area (Å²) in [6.07, 6.45) is 2.92. The summed E-state index contributed by atoms with van der Waals surface area (Å²) in [5.74, 6) is -0.117. The van der Waals surface area contributed by atoms with E-state index in [1.807, 2.05) is 0 Å². The van der Waals surface area contributed by atoms with E-state index in [1.165, 1.54) is 12.1 Å². The lowest BCUT2D eigenvalue weighted by atomic mass is 10.2. The Balaban J connectivity index is 2.31. The topological polar surface area (TPSA) is 9.23 Å². The van der Waals surface area contributed by atoms with Crippen molar-refractivity contribution in [2.75, 3.05) is 12.4 Å². The standard InChI is InChI=1S/C11H14F2OS/c12-9-6-10(13)8-11(7-9)14-4-2-1-3-5-15/h6-8,15H,1-5H2. The number of hydrogen-bond donors (Lipinski definition) is 1. The minimum atomic E-state index is -0.611. The monoisotopic (exact) mass is 232 g/mol. The number of rotatable bonds is 6. The second-order valence-electron chi connectivity index (χ2n) is 3.24. The van der Waals surface area contributed by atoms with Gasteiger partial charge in [0.25, 0.3) is 0 Å². The highest BCUT2D eigenvalue weighted by Gasteiger charge is 2.00. The molecule has 0 aliphatic heterocycles. The van der Waals surface area contributed by atoms with Crippen LogP contribution in [0.4, 0.5) is 8.78 Å². The zero-order valence-electron chi connectivity index (χ0n) is 8.38. The van der Waals surface area contributed by atoms with E-state index >= 15 is 0 Å². The summed E-state index contributed by atoms with van der Waals surface area (Å²) in [6.45, 7) is 0.483. The Morgan fingerprint density at radius 2 is 1.67 bits per heavy atom. The third-order valence-corrected chi connectivity index (χ3v) is 2.22. The minimum absolute atomic E-state index is 0.248. The Bertz CT molecular complexity index is 284. The van der Waals surface area contributed by atoms with Gasteiger partial charge in [-0.3, -0.25) is 0 Å². The van der Waals surface area contributed by atoms with Crippen LogP contribution in [-0.4, -0.2) is 12.4 Å². The Labute approximate surface area is 93.9 Å². The van der Waals surface area contributed by atoms with Gasteiger partial charge in [-0.2, -0.15) is 12.6 Å². The molecule has 0 radical (unpaired) electrons. The summed E-state index contributed by atoms with van der Waals surface area (Å²) in [7, 11) is 0. The second kappa shape index (κ2) is 6.67. The smallest absolute Gasteiger partial charge is 0.129 e. The van der Waals surface area contributed by atoms with E-state index in [0.29, 0.717) is 6.61 Å². The Morgan fingerprint density at radius 1 is 1.00 bits per heavy atom. The van der Waals surface area contributed by atoms with Crippen molar-refractivity contribution < 1.29 is 13.5 Å². The molecular weight excluding hydrogens is 218 g/mol. The van der Waals surface area contributed by atoms with Crippen molar-refractivity contribution in [3.05, 3.63) is 29.8 Å². The molecule has 0 bridgehead atoms. The second-order valence-corrected chi connectivity index (χ2v) is 3.69. The first-order valence-electron chi connectivity index (χ1n) is 4.92. The molecule has 1 aromatic rings. The maximum atomic E-state index is 12.7. The number of halogens is 2. The van der Waals surface area contributed by atoms with Gasteiger partial charge < -0.3 is 4.74 Å². The van der Waals surface area contributed by atoms with Crippen molar-refractivity contribution in [1.29, 1.82) is 0 Å². The molecule has 1 aromatic carbocycles. The number of hydrogen-bond acceptors (Lipinski definition) is 2. The van der Waals surface area contributed by atoms with Gasteiger partial charge in [0, 0.05) is 18.2 Å². The average Bonchev–Trinajstić information content (AvgIpc) is 2.16. The number of thiol groups is 1. The van der Waals surface area contributed by atoms with Crippen LogP contribution in [0.2, 0.25) is 0 Å². The van der Waals surface area contributed by atoms with Gasteiger partial charge in [0.1, 0.15) is 17.4 Å². The lowest BCUT2D eigenvalue weighted by Crippen LogP contribution is -1.98. The van der Waals surface area contributed by atoms with Crippen LogP contribution in [0.3, 0.4) is 0 Å². The third kappa shape index (κ3) is 5.02. The van der Waals surface area contributed by atoms with Crippen molar-refractivity contribution >= 4 is 12.6 Å². The van der Waals surface area contributed by atoms with Gasteiger partial charge in [0.05, 0.1) is 6.61 Å². The maximum Gasteiger partial charge on any atom is 0.129 e. The van der Waals surface area contributed by atoms with Gasteiger partial charge in [-0.15, -0.1) is 0 Å². The van der Waals surface area contributed by atoms with Gasteiger partial charge in [-0.1, -0.05) is 0 Å². The van der Waals surface area contributed by atoms with Gasteiger partial charge >= 0.3 is 0 Å². The highest BCUT2D eigenvalue weighted by Crippen LogP contribution is 2.15. The summed E-state index contributed by atoms with van der Waals surface area (Å²) in [5.41, 5.74) is 0. The molecule has 0 atom stereocenters. The highest BCUT2D eigenvalue weighted by molar-refractivity contribution is 7.80. The molecule has 0 spiro atoms. The number of unbranched alkanes of at least 4 members (excludes halogenated alkanes) is 2. The first kappa shape index (κ1) is 12.3. The SMILES string of the molecule is Fc1cc(F)cc(OCCCCCS)c1. The first-order valence-corrected chi connectivity index (χ1v) is 5.55. The molecule has 0 aliphatic carbocycles. The number of benzene rings is 1. The molecule has 0 saturated carbocycles. The van der Waals surface area contributed by atoms with E-state index in [4.69, 9.17) is 4.74 Å². The van der Waals surface area contributed by atoms with E-state index in [9.17, 15) is 8.78 Å². The molecule has 0 N–H and O–H groups in total. The molecule has 1 nitrogen and oxygen atoms in total. The largest absolute Gasteiger partial charge is 0.493 e. The van der Waals surface area contributed by atoms with Gasteiger partial charge in [0.2, 0.25) is 0 Å². The summed E-state index contributed by atoms with van der Waals surface area (Å²) < 4.78 is 30.7. The van der Waals surface area contributed by atoms with Gasteiger partial charge in [-0.25, -0.2) is 8.78 Å².